The molecule has 0 aromatic heterocycles. The summed E-state index contributed by atoms with van der Waals surface area (Å²) in [5.41, 5.74) is 2.20. The molecule has 2 amide bonds. The van der Waals surface area contributed by atoms with Crippen LogP contribution in [0.3, 0.4) is 0 Å². The summed E-state index contributed by atoms with van der Waals surface area (Å²) in [5.74, 6) is -0.602. The second-order valence-electron chi connectivity index (χ2n) is 7.47. The Labute approximate surface area is 181 Å². The first-order valence-electron chi connectivity index (χ1n) is 9.90. The molecule has 1 heterocycles. The van der Waals surface area contributed by atoms with Crippen molar-refractivity contribution >= 4 is 39.0 Å². The van der Waals surface area contributed by atoms with Gasteiger partial charge in [0.2, 0.25) is 21.8 Å². The first-order valence-corrected chi connectivity index (χ1v) is 11.7. The van der Waals surface area contributed by atoms with Crippen LogP contribution in [0.25, 0.3) is 0 Å². The van der Waals surface area contributed by atoms with Crippen molar-refractivity contribution < 1.29 is 22.8 Å². The van der Waals surface area contributed by atoms with Crippen LogP contribution in [0.2, 0.25) is 0 Å². The summed E-state index contributed by atoms with van der Waals surface area (Å²) >= 11 is 0. The molecule has 0 radical (unpaired) electrons. The van der Waals surface area contributed by atoms with Crippen molar-refractivity contribution in [1.82, 2.24) is 5.32 Å². The number of amides is 2. The third-order valence-corrected chi connectivity index (χ3v) is 6.15. The van der Waals surface area contributed by atoms with Gasteiger partial charge in [0.15, 0.2) is 5.78 Å². The lowest BCUT2D eigenvalue weighted by Gasteiger charge is -2.22. The number of anilines is 2. The zero-order chi connectivity index (χ0) is 22.6. The van der Waals surface area contributed by atoms with E-state index in [-0.39, 0.29) is 23.9 Å². The summed E-state index contributed by atoms with van der Waals surface area (Å²) in [5, 5.41) is 2.72. The Morgan fingerprint density at radius 3 is 2.52 bits per heavy atom. The largest absolute Gasteiger partial charge is 0.350 e. The highest BCUT2D eigenvalue weighted by Crippen LogP contribution is 2.22. The molecule has 0 atom stereocenters. The Balaban J connectivity index is 1.69. The maximum Gasteiger partial charge on any atom is 0.241 e. The number of ketones is 1. The predicted molar refractivity (Wildman–Crippen MR) is 119 cm³/mol. The maximum atomic E-state index is 12.5. The number of rotatable bonds is 8. The smallest absolute Gasteiger partial charge is 0.241 e. The van der Waals surface area contributed by atoms with E-state index in [1.807, 2.05) is 24.3 Å². The van der Waals surface area contributed by atoms with E-state index in [1.165, 1.54) is 19.1 Å². The van der Waals surface area contributed by atoms with Crippen LogP contribution < -0.4 is 14.5 Å². The fourth-order valence-corrected chi connectivity index (χ4v) is 4.27. The summed E-state index contributed by atoms with van der Waals surface area (Å²) in [6, 6.07) is 13.5. The molecule has 0 aliphatic carbocycles. The van der Waals surface area contributed by atoms with Crippen LogP contribution in [-0.4, -0.2) is 45.4 Å². The van der Waals surface area contributed by atoms with Crippen molar-refractivity contribution in [2.75, 3.05) is 28.6 Å². The quantitative estimate of drug-likeness (QED) is 0.629. The normalized spacial score (nSPS) is 13.9. The predicted octanol–water partition coefficient (Wildman–Crippen LogP) is 2.10. The SMILES string of the molecule is CC(=O)c1cccc(N(CC(=O)NCc2cccc(N3CCCC3=O)c2)S(C)(=O)=O)c1. The minimum atomic E-state index is -3.75. The van der Waals surface area contributed by atoms with Gasteiger partial charge in [0, 0.05) is 30.8 Å². The van der Waals surface area contributed by atoms with Crippen molar-refractivity contribution in [2.45, 2.75) is 26.3 Å². The van der Waals surface area contributed by atoms with Gasteiger partial charge in [-0.1, -0.05) is 24.3 Å². The molecular weight excluding hydrogens is 418 g/mol. The van der Waals surface area contributed by atoms with Crippen molar-refractivity contribution in [3.05, 3.63) is 59.7 Å². The molecule has 9 heteroatoms. The fourth-order valence-electron chi connectivity index (χ4n) is 3.42. The minimum Gasteiger partial charge on any atom is -0.350 e. The molecule has 0 unspecified atom stereocenters. The van der Waals surface area contributed by atoms with Crippen LogP contribution in [0, 0.1) is 0 Å². The van der Waals surface area contributed by atoms with Crippen molar-refractivity contribution in [3.8, 4) is 0 Å². The van der Waals surface area contributed by atoms with E-state index in [0.717, 1.165) is 28.2 Å². The van der Waals surface area contributed by atoms with Crippen LogP contribution in [0.1, 0.15) is 35.7 Å². The molecule has 1 N–H and O–H groups in total. The topological polar surface area (TPSA) is 104 Å². The number of hydrogen-bond acceptors (Lipinski definition) is 5. The molecule has 1 aliphatic heterocycles. The van der Waals surface area contributed by atoms with Gasteiger partial charge in [0.25, 0.3) is 0 Å². The van der Waals surface area contributed by atoms with E-state index in [2.05, 4.69) is 5.32 Å². The van der Waals surface area contributed by atoms with E-state index >= 15 is 0 Å². The lowest BCUT2D eigenvalue weighted by molar-refractivity contribution is -0.120. The van der Waals surface area contributed by atoms with Gasteiger partial charge in [-0.3, -0.25) is 18.7 Å². The summed E-state index contributed by atoms with van der Waals surface area (Å²) in [7, 11) is -3.75. The molecule has 2 aromatic rings. The lowest BCUT2D eigenvalue weighted by atomic mass is 10.1. The maximum absolute atomic E-state index is 12.5. The number of carbonyl (C=O) groups excluding carboxylic acids is 3. The Kier molecular flexibility index (Phi) is 6.74. The second-order valence-corrected chi connectivity index (χ2v) is 9.38. The number of benzene rings is 2. The highest BCUT2D eigenvalue weighted by molar-refractivity contribution is 7.92. The third-order valence-electron chi connectivity index (χ3n) is 5.01. The van der Waals surface area contributed by atoms with Crippen LogP contribution in [0.4, 0.5) is 11.4 Å². The summed E-state index contributed by atoms with van der Waals surface area (Å²) < 4.78 is 25.5. The summed E-state index contributed by atoms with van der Waals surface area (Å²) in [4.78, 5) is 37.8. The number of sulfonamides is 1. The first-order chi connectivity index (χ1) is 14.6. The number of hydrogen-bond donors (Lipinski definition) is 1. The number of Topliss-reactive ketones (excluding diaryl/α,β-unsaturated/α-hetero) is 1. The molecule has 1 saturated heterocycles. The Hall–Kier alpha value is -3.20. The Bertz CT molecular complexity index is 1110. The first kappa shape index (κ1) is 22.5. The summed E-state index contributed by atoms with van der Waals surface area (Å²) in [6.07, 6.45) is 2.37. The van der Waals surface area contributed by atoms with E-state index in [1.54, 1.807) is 17.0 Å². The Morgan fingerprint density at radius 2 is 1.87 bits per heavy atom. The number of carbonyl (C=O) groups is 3. The van der Waals surface area contributed by atoms with Gasteiger partial charge in [-0.25, -0.2) is 8.42 Å². The third kappa shape index (κ3) is 5.69. The van der Waals surface area contributed by atoms with Crippen LogP contribution in [0.15, 0.2) is 48.5 Å². The average Bonchev–Trinajstić information content (AvgIpc) is 3.16. The lowest BCUT2D eigenvalue weighted by Crippen LogP contribution is -2.40. The fraction of sp³-hybridized carbons (Fsp3) is 0.318. The van der Waals surface area contributed by atoms with E-state index < -0.39 is 22.5 Å². The van der Waals surface area contributed by atoms with E-state index in [9.17, 15) is 22.8 Å². The van der Waals surface area contributed by atoms with Gasteiger partial charge in [0.1, 0.15) is 6.54 Å². The van der Waals surface area contributed by atoms with E-state index in [4.69, 9.17) is 0 Å². The standard InChI is InChI=1S/C22H25N3O5S/c1-16(26)18-7-4-9-20(13-18)25(31(2,29)30)15-21(27)23-14-17-6-3-8-19(12-17)24-11-5-10-22(24)28/h3-4,6-9,12-13H,5,10-11,14-15H2,1-2H3,(H,23,27). The molecule has 0 bridgehead atoms. The molecule has 1 aliphatic rings. The average molecular weight is 444 g/mol. The zero-order valence-electron chi connectivity index (χ0n) is 17.5. The Morgan fingerprint density at radius 1 is 1.13 bits per heavy atom. The molecular formula is C22H25N3O5S. The van der Waals surface area contributed by atoms with Gasteiger partial charge in [-0.15, -0.1) is 0 Å². The molecule has 164 valence electrons. The second kappa shape index (κ2) is 9.30. The zero-order valence-corrected chi connectivity index (χ0v) is 18.3. The van der Waals surface area contributed by atoms with Crippen molar-refractivity contribution in [3.63, 3.8) is 0 Å². The monoisotopic (exact) mass is 443 g/mol. The molecule has 8 nitrogen and oxygen atoms in total. The molecule has 0 spiro atoms. The molecule has 0 saturated carbocycles. The molecule has 31 heavy (non-hydrogen) atoms. The van der Waals surface area contributed by atoms with Gasteiger partial charge in [0.05, 0.1) is 11.9 Å². The highest BCUT2D eigenvalue weighted by atomic mass is 32.2. The summed E-state index contributed by atoms with van der Waals surface area (Å²) in [6.45, 7) is 1.85. The van der Waals surface area contributed by atoms with Gasteiger partial charge < -0.3 is 10.2 Å². The number of nitrogens with one attached hydrogen (secondary N) is 1. The molecule has 3 rings (SSSR count). The molecule has 1 fully saturated rings. The van der Waals surface area contributed by atoms with Gasteiger partial charge in [-0.2, -0.15) is 0 Å². The van der Waals surface area contributed by atoms with Crippen LogP contribution >= 0.6 is 0 Å². The van der Waals surface area contributed by atoms with Crippen molar-refractivity contribution in [1.29, 1.82) is 0 Å². The van der Waals surface area contributed by atoms with Gasteiger partial charge >= 0.3 is 0 Å². The van der Waals surface area contributed by atoms with Crippen molar-refractivity contribution in [2.24, 2.45) is 0 Å². The van der Waals surface area contributed by atoms with Gasteiger partial charge in [-0.05, 0) is 43.2 Å². The van der Waals surface area contributed by atoms with Crippen LogP contribution in [0.5, 0.6) is 0 Å². The minimum absolute atomic E-state index is 0.0813. The highest BCUT2D eigenvalue weighted by Gasteiger charge is 2.23. The molecule has 2 aromatic carbocycles. The number of nitrogens with zero attached hydrogens (tertiary/aromatic N) is 2. The van der Waals surface area contributed by atoms with Crippen LogP contribution in [-0.2, 0) is 26.2 Å². The van der Waals surface area contributed by atoms with E-state index in [0.29, 0.717) is 18.5 Å².